The van der Waals surface area contributed by atoms with Gasteiger partial charge in [0.1, 0.15) is 5.69 Å². The van der Waals surface area contributed by atoms with Gasteiger partial charge in [0.05, 0.1) is 5.69 Å². The highest BCUT2D eigenvalue weighted by Crippen LogP contribution is 2.45. The normalized spacial score (nSPS) is 24.9. The van der Waals surface area contributed by atoms with E-state index in [1.807, 2.05) is 13.1 Å². The molecule has 5 heteroatoms. The summed E-state index contributed by atoms with van der Waals surface area (Å²) >= 11 is 0. The quantitative estimate of drug-likeness (QED) is 0.817. The molecule has 28 heavy (non-hydrogen) atoms. The minimum Gasteiger partial charge on any atom is -0.337 e. The van der Waals surface area contributed by atoms with Crippen LogP contribution in [-0.2, 0) is 13.5 Å². The van der Waals surface area contributed by atoms with E-state index in [4.69, 9.17) is 0 Å². The van der Waals surface area contributed by atoms with E-state index in [1.165, 1.54) is 11.1 Å². The van der Waals surface area contributed by atoms with Gasteiger partial charge in [-0.1, -0.05) is 38.1 Å². The molecule has 1 amide bonds. The number of nitrogens with zero attached hydrogens (tertiary/aromatic N) is 4. The first-order valence-electron chi connectivity index (χ1n) is 10.4. The van der Waals surface area contributed by atoms with E-state index in [0.29, 0.717) is 23.8 Å². The highest BCUT2D eigenvalue weighted by atomic mass is 16.2. The van der Waals surface area contributed by atoms with E-state index in [2.05, 4.69) is 67.0 Å². The Balaban J connectivity index is 1.53. The summed E-state index contributed by atoms with van der Waals surface area (Å²) in [6, 6.07) is 11.1. The molecular weight excluding hydrogens is 348 g/mol. The molecular formula is C23H32N4O. The number of amides is 1. The molecule has 2 aromatic rings. The van der Waals surface area contributed by atoms with Gasteiger partial charge in [0.25, 0.3) is 5.91 Å². The number of carbonyl (C=O) groups excluding carboxylic acids is 1. The van der Waals surface area contributed by atoms with Gasteiger partial charge in [0.2, 0.25) is 0 Å². The lowest BCUT2D eigenvalue weighted by Gasteiger charge is -2.28. The van der Waals surface area contributed by atoms with Crippen molar-refractivity contribution < 1.29 is 4.79 Å². The number of benzene rings is 1. The molecule has 0 bridgehead atoms. The first-order chi connectivity index (χ1) is 13.3. The van der Waals surface area contributed by atoms with Crippen LogP contribution in [0.15, 0.2) is 30.3 Å². The molecule has 3 atom stereocenters. The number of fused-ring (bicyclic) bond motifs is 1. The topological polar surface area (TPSA) is 41.4 Å². The Labute approximate surface area is 168 Å². The standard InChI is InChI=1S/C23H32N4O/c1-15(2)10-18-11-21(26(5)24-18)23(28)27-13-17-12-25(4)22(20(17)14-27)19-9-7-6-8-16(19)3/h6-9,11,15,17,20,22H,10,12-14H2,1-5H3/t17-,20+,22-/m0/s1. The maximum atomic E-state index is 13.2. The van der Waals surface area contributed by atoms with Gasteiger partial charge < -0.3 is 4.90 Å². The number of hydrogen-bond acceptors (Lipinski definition) is 3. The molecule has 150 valence electrons. The zero-order valence-corrected chi connectivity index (χ0v) is 17.7. The van der Waals surface area contributed by atoms with E-state index < -0.39 is 0 Å². The lowest BCUT2D eigenvalue weighted by atomic mass is 9.88. The van der Waals surface area contributed by atoms with Crippen LogP contribution in [0.1, 0.15) is 47.2 Å². The minimum absolute atomic E-state index is 0.130. The number of hydrogen-bond donors (Lipinski definition) is 0. The molecule has 0 unspecified atom stereocenters. The van der Waals surface area contributed by atoms with E-state index in [9.17, 15) is 4.79 Å². The van der Waals surface area contributed by atoms with Crippen molar-refractivity contribution in [3.05, 3.63) is 52.8 Å². The summed E-state index contributed by atoms with van der Waals surface area (Å²) in [4.78, 5) is 17.8. The van der Waals surface area contributed by atoms with Crippen LogP contribution < -0.4 is 0 Å². The Morgan fingerprint density at radius 2 is 1.93 bits per heavy atom. The van der Waals surface area contributed by atoms with E-state index >= 15 is 0 Å². The first kappa shape index (κ1) is 19.2. The van der Waals surface area contributed by atoms with Gasteiger partial charge in [-0.3, -0.25) is 14.4 Å². The van der Waals surface area contributed by atoms with Crippen LogP contribution in [0.4, 0.5) is 0 Å². The van der Waals surface area contributed by atoms with Crippen molar-refractivity contribution in [2.24, 2.45) is 24.8 Å². The summed E-state index contributed by atoms with van der Waals surface area (Å²) in [5, 5.41) is 4.56. The SMILES string of the molecule is Cc1ccccc1[C@H]1[C@@H]2CN(C(=O)c3cc(CC(C)C)nn3C)C[C@@H]2CN1C. The molecule has 2 aliphatic heterocycles. The molecule has 0 spiro atoms. The number of likely N-dealkylation sites (tertiary alicyclic amines) is 2. The smallest absolute Gasteiger partial charge is 0.272 e. The van der Waals surface area contributed by atoms with Crippen molar-refractivity contribution in [1.82, 2.24) is 19.6 Å². The molecule has 0 saturated carbocycles. The molecule has 2 fully saturated rings. The highest BCUT2D eigenvalue weighted by molar-refractivity contribution is 5.93. The average molecular weight is 381 g/mol. The molecule has 3 heterocycles. The van der Waals surface area contributed by atoms with Crippen molar-refractivity contribution in [3.8, 4) is 0 Å². The monoisotopic (exact) mass is 380 g/mol. The summed E-state index contributed by atoms with van der Waals surface area (Å²) < 4.78 is 1.76. The van der Waals surface area contributed by atoms with Crippen LogP contribution >= 0.6 is 0 Å². The number of rotatable bonds is 4. The average Bonchev–Trinajstić information content (AvgIpc) is 3.27. The lowest BCUT2D eigenvalue weighted by Crippen LogP contribution is -2.34. The van der Waals surface area contributed by atoms with Crippen molar-refractivity contribution >= 4 is 5.91 Å². The van der Waals surface area contributed by atoms with Crippen molar-refractivity contribution in [2.45, 2.75) is 33.2 Å². The zero-order chi connectivity index (χ0) is 20.0. The summed E-state index contributed by atoms with van der Waals surface area (Å²) in [5.74, 6) is 1.71. The predicted octanol–water partition coefficient (Wildman–Crippen LogP) is 3.30. The summed E-state index contributed by atoms with van der Waals surface area (Å²) in [7, 11) is 4.11. The molecule has 1 aromatic heterocycles. The van der Waals surface area contributed by atoms with Gasteiger partial charge in [-0.2, -0.15) is 5.10 Å². The fourth-order valence-electron chi connectivity index (χ4n) is 5.22. The minimum atomic E-state index is 0.130. The fourth-order valence-corrected chi connectivity index (χ4v) is 5.22. The predicted molar refractivity (Wildman–Crippen MR) is 111 cm³/mol. The largest absolute Gasteiger partial charge is 0.337 e. The molecule has 0 radical (unpaired) electrons. The molecule has 0 aliphatic carbocycles. The van der Waals surface area contributed by atoms with E-state index in [-0.39, 0.29) is 5.91 Å². The molecule has 2 aliphatic rings. The van der Waals surface area contributed by atoms with Gasteiger partial charge in [0.15, 0.2) is 0 Å². The third-order valence-corrected chi connectivity index (χ3v) is 6.46. The fraction of sp³-hybridized carbons (Fsp3) is 0.565. The Hall–Kier alpha value is -2.14. The maximum Gasteiger partial charge on any atom is 0.272 e. The first-order valence-corrected chi connectivity index (χ1v) is 10.4. The number of carbonyl (C=O) groups is 1. The molecule has 0 N–H and O–H groups in total. The van der Waals surface area contributed by atoms with Gasteiger partial charge in [0, 0.05) is 38.6 Å². The maximum absolute atomic E-state index is 13.2. The highest BCUT2D eigenvalue weighted by Gasteiger charge is 2.47. The van der Waals surface area contributed by atoms with Crippen LogP contribution in [0.25, 0.3) is 0 Å². The van der Waals surface area contributed by atoms with Crippen LogP contribution in [0.5, 0.6) is 0 Å². The Morgan fingerprint density at radius 3 is 2.64 bits per heavy atom. The second-order valence-corrected chi connectivity index (χ2v) is 9.12. The van der Waals surface area contributed by atoms with E-state index in [1.54, 1.807) is 4.68 Å². The molecule has 1 aromatic carbocycles. The van der Waals surface area contributed by atoms with Gasteiger partial charge in [-0.15, -0.1) is 0 Å². The summed E-state index contributed by atoms with van der Waals surface area (Å²) in [6.07, 6.45) is 0.909. The van der Waals surface area contributed by atoms with Crippen LogP contribution in [-0.4, -0.2) is 52.2 Å². The third-order valence-electron chi connectivity index (χ3n) is 6.46. The van der Waals surface area contributed by atoms with E-state index in [0.717, 1.165) is 37.4 Å². The second-order valence-electron chi connectivity index (χ2n) is 9.12. The Kier molecular flexibility index (Phi) is 5.04. The molecule has 4 rings (SSSR count). The summed E-state index contributed by atoms with van der Waals surface area (Å²) in [5.41, 5.74) is 4.48. The van der Waals surface area contributed by atoms with Crippen molar-refractivity contribution in [2.75, 3.05) is 26.7 Å². The second kappa shape index (κ2) is 7.36. The zero-order valence-electron chi connectivity index (χ0n) is 17.7. The lowest BCUT2D eigenvalue weighted by molar-refractivity contribution is 0.0757. The van der Waals surface area contributed by atoms with Crippen LogP contribution in [0.3, 0.4) is 0 Å². The Morgan fingerprint density at radius 1 is 1.18 bits per heavy atom. The number of aryl methyl sites for hydroxylation is 2. The van der Waals surface area contributed by atoms with Gasteiger partial charge >= 0.3 is 0 Å². The van der Waals surface area contributed by atoms with Crippen molar-refractivity contribution in [1.29, 1.82) is 0 Å². The van der Waals surface area contributed by atoms with Gasteiger partial charge in [-0.25, -0.2) is 0 Å². The summed E-state index contributed by atoms with van der Waals surface area (Å²) in [6.45, 7) is 9.29. The number of aromatic nitrogens is 2. The third kappa shape index (κ3) is 3.37. The molecule has 2 saturated heterocycles. The van der Waals surface area contributed by atoms with Crippen LogP contribution in [0, 0.1) is 24.7 Å². The Bertz CT molecular complexity index is 871. The van der Waals surface area contributed by atoms with Crippen molar-refractivity contribution in [3.63, 3.8) is 0 Å². The van der Waals surface area contributed by atoms with Crippen LogP contribution in [0.2, 0.25) is 0 Å². The molecule has 5 nitrogen and oxygen atoms in total. The van der Waals surface area contributed by atoms with Gasteiger partial charge in [-0.05, 0) is 49.4 Å².